The van der Waals surface area contributed by atoms with Crippen LogP contribution in [0.25, 0.3) is 0 Å². The maximum Gasteiger partial charge on any atom is 0.264 e. The minimum Gasteiger partial charge on any atom is -0.493 e. The van der Waals surface area contributed by atoms with Crippen LogP contribution in [0.4, 0.5) is 5.69 Å². The number of hydrogen-bond donors (Lipinski definition) is 1. The van der Waals surface area contributed by atoms with Crippen LogP contribution in [0.5, 0.6) is 17.2 Å². The molecular formula is C25H27ClN2O6S. The van der Waals surface area contributed by atoms with Crippen LogP contribution in [0.1, 0.15) is 5.56 Å². The van der Waals surface area contributed by atoms with Crippen LogP contribution in [-0.2, 0) is 14.8 Å². The second-order valence-corrected chi connectivity index (χ2v) is 9.76. The van der Waals surface area contributed by atoms with Gasteiger partial charge in [-0.2, -0.15) is 0 Å². The number of methoxy groups -OCH3 is 2. The van der Waals surface area contributed by atoms with Gasteiger partial charge < -0.3 is 19.5 Å². The van der Waals surface area contributed by atoms with E-state index in [1.165, 1.54) is 32.4 Å². The third kappa shape index (κ3) is 6.58. The number of benzene rings is 3. The molecule has 186 valence electrons. The molecular weight excluding hydrogens is 492 g/mol. The second-order valence-electron chi connectivity index (χ2n) is 7.49. The van der Waals surface area contributed by atoms with E-state index >= 15 is 0 Å². The molecule has 1 N–H and O–H groups in total. The fourth-order valence-corrected chi connectivity index (χ4v) is 4.84. The Kier molecular flexibility index (Phi) is 8.84. The zero-order valence-corrected chi connectivity index (χ0v) is 21.2. The van der Waals surface area contributed by atoms with Crippen molar-refractivity contribution in [1.82, 2.24) is 5.32 Å². The van der Waals surface area contributed by atoms with Crippen LogP contribution in [0.15, 0.2) is 71.6 Å². The van der Waals surface area contributed by atoms with Gasteiger partial charge in [-0.25, -0.2) is 8.42 Å². The highest BCUT2D eigenvalue weighted by Crippen LogP contribution is 2.33. The summed E-state index contributed by atoms with van der Waals surface area (Å²) in [7, 11) is -1.13. The Morgan fingerprint density at radius 2 is 1.63 bits per heavy atom. The molecule has 3 aromatic carbocycles. The number of nitrogens with one attached hydrogen (secondary N) is 1. The molecule has 0 saturated carbocycles. The number of para-hydroxylation sites is 1. The molecule has 0 bridgehead atoms. The van der Waals surface area contributed by atoms with Gasteiger partial charge in [-0.15, -0.1) is 0 Å². The summed E-state index contributed by atoms with van der Waals surface area (Å²) in [5.74, 6) is 0.767. The predicted molar refractivity (Wildman–Crippen MR) is 135 cm³/mol. The number of rotatable bonds is 11. The molecule has 3 rings (SSSR count). The van der Waals surface area contributed by atoms with Crippen LogP contribution in [0, 0.1) is 6.92 Å². The lowest BCUT2D eigenvalue weighted by Crippen LogP contribution is -2.42. The summed E-state index contributed by atoms with van der Waals surface area (Å²) >= 11 is 6.06. The first-order valence-electron chi connectivity index (χ1n) is 10.7. The Balaban J connectivity index is 1.79. The van der Waals surface area contributed by atoms with Gasteiger partial charge in [0, 0.05) is 6.07 Å². The molecule has 3 aromatic rings. The van der Waals surface area contributed by atoms with Gasteiger partial charge in [0.05, 0.1) is 36.4 Å². The molecule has 0 saturated heterocycles. The predicted octanol–water partition coefficient (Wildman–Crippen LogP) is 4.06. The number of ether oxygens (including phenoxy) is 3. The van der Waals surface area contributed by atoms with Crippen molar-refractivity contribution in [2.75, 3.05) is 38.2 Å². The van der Waals surface area contributed by atoms with Crippen LogP contribution in [0.3, 0.4) is 0 Å². The molecule has 10 heteroatoms. The third-order valence-electron chi connectivity index (χ3n) is 5.07. The van der Waals surface area contributed by atoms with E-state index in [2.05, 4.69) is 5.32 Å². The Hall–Kier alpha value is -3.43. The van der Waals surface area contributed by atoms with Gasteiger partial charge in [0.2, 0.25) is 5.91 Å². The molecule has 8 nitrogen and oxygen atoms in total. The smallest absolute Gasteiger partial charge is 0.264 e. The number of aryl methyl sites for hydroxylation is 1. The number of anilines is 1. The van der Waals surface area contributed by atoms with Crippen molar-refractivity contribution in [2.24, 2.45) is 0 Å². The molecule has 0 aromatic heterocycles. The van der Waals surface area contributed by atoms with E-state index in [9.17, 15) is 13.2 Å². The molecule has 35 heavy (non-hydrogen) atoms. The van der Waals surface area contributed by atoms with Gasteiger partial charge in [-0.05, 0) is 43.3 Å². The third-order valence-corrected chi connectivity index (χ3v) is 7.17. The molecule has 0 fully saturated rings. The highest BCUT2D eigenvalue weighted by molar-refractivity contribution is 7.92. The molecule has 0 heterocycles. The Morgan fingerprint density at radius 3 is 2.29 bits per heavy atom. The van der Waals surface area contributed by atoms with E-state index in [4.69, 9.17) is 25.8 Å². The standard InChI is InChI=1S/C25H27ClN2O6S/c1-18-8-11-20(12-9-18)35(30,31)28(19-10-13-23(32-2)24(16-19)33-3)17-25(29)27-14-15-34-22-7-5-4-6-21(22)26/h4-13,16H,14-15,17H2,1-3H3,(H,27,29). The highest BCUT2D eigenvalue weighted by atomic mass is 35.5. The first-order chi connectivity index (χ1) is 16.8. The van der Waals surface area contributed by atoms with Crippen LogP contribution >= 0.6 is 11.6 Å². The maximum atomic E-state index is 13.5. The van der Waals surface area contributed by atoms with Crippen LogP contribution in [0.2, 0.25) is 5.02 Å². The number of nitrogens with zero attached hydrogens (tertiary/aromatic N) is 1. The normalized spacial score (nSPS) is 11.0. The Morgan fingerprint density at radius 1 is 0.943 bits per heavy atom. The van der Waals surface area contributed by atoms with Gasteiger partial charge in [0.15, 0.2) is 11.5 Å². The summed E-state index contributed by atoms with van der Waals surface area (Å²) in [5, 5.41) is 3.15. The van der Waals surface area contributed by atoms with Crippen molar-refractivity contribution in [3.63, 3.8) is 0 Å². The average molecular weight is 519 g/mol. The van der Waals surface area contributed by atoms with E-state index in [1.807, 2.05) is 6.92 Å². The first kappa shape index (κ1) is 26.2. The Bertz CT molecular complexity index is 1270. The lowest BCUT2D eigenvalue weighted by molar-refractivity contribution is -0.119. The van der Waals surface area contributed by atoms with E-state index in [-0.39, 0.29) is 23.7 Å². The van der Waals surface area contributed by atoms with E-state index in [1.54, 1.807) is 48.5 Å². The van der Waals surface area contributed by atoms with Crippen LogP contribution < -0.4 is 23.8 Å². The number of carbonyl (C=O) groups excluding carboxylic acids is 1. The molecule has 0 spiro atoms. The number of halogens is 1. The first-order valence-corrected chi connectivity index (χ1v) is 12.5. The van der Waals surface area contributed by atoms with Gasteiger partial charge >= 0.3 is 0 Å². The van der Waals surface area contributed by atoms with Gasteiger partial charge in [0.1, 0.15) is 18.9 Å². The number of hydrogen-bond acceptors (Lipinski definition) is 6. The van der Waals surface area contributed by atoms with E-state index in [0.29, 0.717) is 22.3 Å². The molecule has 0 aliphatic carbocycles. The molecule has 0 atom stereocenters. The summed E-state index contributed by atoms with van der Waals surface area (Å²) in [6.07, 6.45) is 0. The fourth-order valence-electron chi connectivity index (χ4n) is 3.23. The van der Waals surface area contributed by atoms with E-state index in [0.717, 1.165) is 9.87 Å². The summed E-state index contributed by atoms with van der Waals surface area (Å²) < 4.78 is 44.2. The minimum atomic E-state index is -4.06. The summed E-state index contributed by atoms with van der Waals surface area (Å²) in [6, 6.07) is 18.1. The lowest BCUT2D eigenvalue weighted by atomic mass is 10.2. The number of amides is 1. The zero-order chi connectivity index (χ0) is 25.4. The zero-order valence-electron chi connectivity index (χ0n) is 19.7. The lowest BCUT2D eigenvalue weighted by Gasteiger charge is -2.25. The van der Waals surface area contributed by atoms with E-state index < -0.39 is 22.5 Å². The van der Waals surface area contributed by atoms with Crippen molar-refractivity contribution in [3.8, 4) is 17.2 Å². The monoisotopic (exact) mass is 518 g/mol. The minimum absolute atomic E-state index is 0.0627. The molecule has 1 amide bonds. The molecule has 0 radical (unpaired) electrons. The second kappa shape index (κ2) is 11.8. The maximum absolute atomic E-state index is 13.5. The van der Waals surface area contributed by atoms with Crippen LogP contribution in [-0.4, -0.2) is 48.2 Å². The van der Waals surface area contributed by atoms with Crippen molar-refractivity contribution < 1.29 is 27.4 Å². The summed E-state index contributed by atoms with van der Waals surface area (Å²) in [4.78, 5) is 12.8. The van der Waals surface area contributed by atoms with Gasteiger partial charge in [-0.3, -0.25) is 9.10 Å². The van der Waals surface area contributed by atoms with Crippen molar-refractivity contribution in [2.45, 2.75) is 11.8 Å². The number of carbonyl (C=O) groups is 1. The average Bonchev–Trinajstić information content (AvgIpc) is 2.86. The molecule has 0 aliphatic heterocycles. The molecule has 0 aliphatic rings. The quantitative estimate of drug-likeness (QED) is 0.385. The highest BCUT2D eigenvalue weighted by Gasteiger charge is 2.28. The molecule has 0 unspecified atom stereocenters. The number of sulfonamides is 1. The largest absolute Gasteiger partial charge is 0.493 e. The topological polar surface area (TPSA) is 94.2 Å². The van der Waals surface area contributed by atoms with Crippen molar-refractivity contribution in [1.29, 1.82) is 0 Å². The van der Waals surface area contributed by atoms with Gasteiger partial charge in [0.25, 0.3) is 10.0 Å². The summed E-state index contributed by atoms with van der Waals surface area (Å²) in [5.41, 5.74) is 1.17. The van der Waals surface area contributed by atoms with Gasteiger partial charge in [-0.1, -0.05) is 41.4 Å². The van der Waals surface area contributed by atoms with Crippen molar-refractivity contribution in [3.05, 3.63) is 77.3 Å². The van der Waals surface area contributed by atoms with Crippen molar-refractivity contribution >= 4 is 33.2 Å². The summed E-state index contributed by atoms with van der Waals surface area (Å²) in [6.45, 7) is 1.74. The Labute approximate surface area is 210 Å². The fraction of sp³-hybridized carbons (Fsp3) is 0.240. The SMILES string of the molecule is COc1ccc(N(CC(=O)NCCOc2ccccc2Cl)S(=O)(=O)c2ccc(C)cc2)cc1OC.